The second kappa shape index (κ2) is 6.64. The summed E-state index contributed by atoms with van der Waals surface area (Å²) in [5.74, 6) is 0. The van der Waals surface area contributed by atoms with Gasteiger partial charge in [-0.2, -0.15) is 13.2 Å². The number of halogens is 4. The van der Waals surface area contributed by atoms with Crippen molar-refractivity contribution in [1.29, 1.82) is 0 Å². The van der Waals surface area contributed by atoms with Crippen molar-refractivity contribution >= 4 is 10.1 Å². The third-order valence-corrected chi connectivity index (χ3v) is 7.39. The topological polar surface area (TPSA) is 57.2 Å². The SMILES string of the molecule is Cc1cc(C)c2c(c1)-c1c(C)cccc1[I+]2.O=S(=O)([O-])C(F)(F)F. The van der Waals surface area contributed by atoms with Crippen LogP contribution < -0.4 is 21.2 Å². The van der Waals surface area contributed by atoms with Gasteiger partial charge in [0.1, 0.15) is 0 Å². The molecule has 1 heterocycles. The van der Waals surface area contributed by atoms with Crippen LogP contribution in [0.25, 0.3) is 11.1 Å². The van der Waals surface area contributed by atoms with Crippen molar-refractivity contribution in [3.8, 4) is 11.1 Å². The van der Waals surface area contributed by atoms with Crippen LogP contribution in [0, 0.1) is 27.9 Å². The minimum absolute atomic E-state index is 0.0515. The van der Waals surface area contributed by atoms with Gasteiger partial charge in [0, 0.05) is 16.7 Å². The Balaban J connectivity index is 0.000000224. The van der Waals surface area contributed by atoms with E-state index < -0.39 is 15.6 Å². The average molecular weight is 470 g/mol. The maximum Gasteiger partial charge on any atom is 0.485 e. The van der Waals surface area contributed by atoms with Gasteiger partial charge in [0.15, 0.2) is 10.1 Å². The van der Waals surface area contributed by atoms with Crippen LogP contribution in [0.5, 0.6) is 0 Å². The van der Waals surface area contributed by atoms with Crippen LogP contribution in [0.1, 0.15) is 16.7 Å². The van der Waals surface area contributed by atoms with Crippen molar-refractivity contribution in [2.45, 2.75) is 26.3 Å². The molecule has 0 bridgehead atoms. The highest BCUT2D eigenvalue weighted by molar-refractivity contribution is 7.86. The molecule has 0 saturated heterocycles. The Morgan fingerprint density at radius 3 is 2.17 bits per heavy atom. The lowest BCUT2D eigenvalue weighted by molar-refractivity contribution is -0.590. The highest BCUT2D eigenvalue weighted by atomic mass is 127. The molecule has 2 aromatic carbocycles. The zero-order valence-electron chi connectivity index (χ0n) is 13.0. The molecule has 3 nitrogen and oxygen atoms in total. The van der Waals surface area contributed by atoms with E-state index in [0.717, 1.165) is 0 Å². The van der Waals surface area contributed by atoms with E-state index in [0.29, 0.717) is 0 Å². The molecule has 130 valence electrons. The summed E-state index contributed by atoms with van der Waals surface area (Å²) < 4.78 is 62.1. The van der Waals surface area contributed by atoms with Gasteiger partial charge < -0.3 is 4.55 Å². The van der Waals surface area contributed by atoms with Gasteiger partial charge in [0.05, 0.1) is 0 Å². The fraction of sp³-hybridized carbons (Fsp3) is 0.250. The molecule has 8 heteroatoms. The van der Waals surface area contributed by atoms with Gasteiger partial charge in [-0.3, -0.25) is 0 Å². The van der Waals surface area contributed by atoms with Crippen LogP contribution in [-0.2, 0) is 10.1 Å². The lowest BCUT2D eigenvalue weighted by Crippen LogP contribution is -3.61. The standard InChI is InChI=1S/C15H14I.CHF3O3S/c1-9-7-11(3)15-12(8-9)14-10(2)5-4-6-13(14)16-15;2-1(3,4)8(5,6)7/h4-8H,1-3H3;(H,5,6,7)/q+1;/p-1. The quantitative estimate of drug-likeness (QED) is 0.277. The van der Waals surface area contributed by atoms with Crippen LogP contribution in [0.4, 0.5) is 13.2 Å². The number of benzene rings is 2. The van der Waals surface area contributed by atoms with Gasteiger partial charge >= 0.3 is 26.7 Å². The molecule has 0 saturated carbocycles. The number of fused-ring (bicyclic) bond motifs is 3. The zero-order valence-corrected chi connectivity index (χ0v) is 16.0. The van der Waals surface area contributed by atoms with E-state index in [2.05, 4.69) is 51.1 Å². The second-order valence-electron chi connectivity index (χ2n) is 5.37. The Hall–Kier alpha value is -1.13. The third-order valence-electron chi connectivity index (χ3n) is 3.37. The number of hydrogen-bond acceptors (Lipinski definition) is 3. The highest BCUT2D eigenvalue weighted by Crippen LogP contribution is 2.28. The molecule has 0 aromatic heterocycles. The number of rotatable bonds is 0. The van der Waals surface area contributed by atoms with Crippen molar-refractivity contribution in [1.82, 2.24) is 0 Å². The minimum atomic E-state index is -6.09. The number of alkyl halides is 3. The Bertz CT molecular complexity index is 890. The first-order valence-electron chi connectivity index (χ1n) is 6.80. The molecule has 0 N–H and O–H groups in total. The molecule has 0 spiro atoms. The number of aryl methyl sites for hydroxylation is 3. The van der Waals surface area contributed by atoms with E-state index in [1.165, 1.54) is 27.8 Å². The first kappa shape index (κ1) is 19.2. The van der Waals surface area contributed by atoms with Gasteiger partial charge in [0.2, 0.25) is 7.14 Å². The van der Waals surface area contributed by atoms with E-state index >= 15 is 0 Å². The molecule has 0 radical (unpaired) electrons. The summed E-state index contributed by atoms with van der Waals surface area (Å²) >= 11 is 0.0515. The molecule has 3 rings (SSSR count). The summed E-state index contributed by atoms with van der Waals surface area (Å²) in [5, 5.41) is 0. The highest BCUT2D eigenvalue weighted by Gasteiger charge is 2.37. The van der Waals surface area contributed by atoms with Crippen LogP contribution in [-0.4, -0.2) is 18.5 Å². The monoisotopic (exact) mass is 470 g/mol. The Kier molecular flexibility index (Phi) is 5.31. The van der Waals surface area contributed by atoms with Crippen molar-refractivity contribution in [3.63, 3.8) is 0 Å². The van der Waals surface area contributed by atoms with E-state index in [-0.39, 0.29) is 21.2 Å². The van der Waals surface area contributed by atoms with E-state index in [1.807, 2.05) is 0 Å². The zero-order chi connectivity index (χ0) is 18.3. The molecule has 1 aliphatic heterocycles. The molecule has 0 unspecified atom stereocenters. The summed E-state index contributed by atoms with van der Waals surface area (Å²) in [7, 11) is -6.09. The first-order valence-corrected chi connectivity index (χ1v) is 10.4. The Morgan fingerprint density at radius 1 is 1.04 bits per heavy atom. The van der Waals surface area contributed by atoms with E-state index in [1.54, 1.807) is 7.14 Å². The minimum Gasteiger partial charge on any atom is -0.741 e. The van der Waals surface area contributed by atoms with Crippen LogP contribution >= 0.6 is 0 Å². The Morgan fingerprint density at radius 2 is 1.62 bits per heavy atom. The largest absolute Gasteiger partial charge is 0.741 e. The second-order valence-corrected chi connectivity index (χ2v) is 9.52. The summed E-state index contributed by atoms with van der Waals surface area (Å²) in [5.41, 5.74) is 1.69. The molecule has 0 fully saturated rings. The Labute approximate surface area is 148 Å². The predicted octanol–water partition coefficient (Wildman–Crippen LogP) is 0.772. The summed E-state index contributed by atoms with van der Waals surface area (Å²) in [6.07, 6.45) is 0. The summed E-state index contributed by atoms with van der Waals surface area (Å²) in [4.78, 5) is 0. The van der Waals surface area contributed by atoms with Gasteiger partial charge in [0.25, 0.3) is 0 Å². The average Bonchev–Trinajstić information content (AvgIpc) is 2.77. The van der Waals surface area contributed by atoms with Crippen LogP contribution in [0.15, 0.2) is 30.3 Å². The first-order chi connectivity index (χ1) is 10.9. The summed E-state index contributed by atoms with van der Waals surface area (Å²) in [6.45, 7) is 6.68. The van der Waals surface area contributed by atoms with Crippen molar-refractivity contribution in [3.05, 3.63) is 54.2 Å². The molecular weight excluding hydrogens is 456 g/mol. The lowest BCUT2D eigenvalue weighted by atomic mass is 9.97. The summed E-state index contributed by atoms with van der Waals surface area (Å²) in [6, 6.07) is 11.4. The molecule has 2 aromatic rings. The smallest absolute Gasteiger partial charge is 0.485 e. The van der Waals surface area contributed by atoms with Gasteiger partial charge in [-0.15, -0.1) is 0 Å². The van der Waals surface area contributed by atoms with Gasteiger partial charge in [-0.25, -0.2) is 8.42 Å². The van der Waals surface area contributed by atoms with Crippen molar-refractivity contribution < 1.29 is 47.3 Å². The lowest BCUT2D eigenvalue weighted by Gasteiger charge is -2.08. The molecule has 0 amide bonds. The van der Waals surface area contributed by atoms with Crippen LogP contribution in [0.3, 0.4) is 0 Å². The van der Waals surface area contributed by atoms with Gasteiger partial charge in [-0.1, -0.05) is 18.2 Å². The van der Waals surface area contributed by atoms with E-state index in [9.17, 15) is 13.2 Å². The van der Waals surface area contributed by atoms with Crippen molar-refractivity contribution in [2.75, 3.05) is 0 Å². The maximum atomic E-state index is 10.7. The fourth-order valence-electron chi connectivity index (χ4n) is 2.41. The van der Waals surface area contributed by atoms with E-state index in [4.69, 9.17) is 13.0 Å². The van der Waals surface area contributed by atoms with Crippen molar-refractivity contribution in [2.24, 2.45) is 0 Å². The maximum absolute atomic E-state index is 10.7. The third kappa shape index (κ3) is 3.92. The predicted molar refractivity (Wildman–Crippen MR) is 79.2 cm³/mol. The molecular formula is C16H14F3IO3S. The van der Waals surface area contributed by atoms with Gasteiger partial charge in [-0.05, 0) is 44.0 Å². The molecule has 24 heavy (non-hydrogen) atoms. The molecule has 0 aliphatic carbocycles. The fourth-order valence-corrected chi connectivity index (χ4v) is 5.66. The normalized spacial score (nSPS) is 13.0. The number of hydrogen-bond donors (Lipinski definition) is 0. The molecule has 0 atom stereocenters. The molecule has 1 aliphatic rings. The van der Waals surface area contributed by atoms with Crippen LogP contribution in [0.2, 0.25) is 0 Å².